The quantitative estimate of drug-likeness (QED) is 0.295. The van der Waals surface area contributed by atoms with E-state index >= 15 is 0 Å². The molecule has 0 bridgehead atoms. The number of ether oxygens (including phenoxy) is 5. The predicted molar refractivity (Wildman–Crippen MR) is 185 cm³/mol. The summed E-state index contributed by atoms with van der Waals surface area (Å²) in [5.41, 5.74) is -0.427. The first-order valence-electron chi connectivity index (χ1n) is 17.7. The second-order valence-corrected chi connectivity index (χ2v) is 14.7. The lowest BCUT2D eigenvalue weighted by molar-refractivity contribution is -0.148. The Morgan fingerprint density at radius 3 is 2.38 bits per heavy atom. The number of esters is 1. The predicted octanol–water partition coefficient (Wildman–Crippen LogP) is 4.84. The first kappa shape index (κ1) is 37.0. The number of pyridine rings is 1. The van der Waals surface area contributed by atoms with Crippen LogP contribution >= 0.6 is 0 Å². The number of methoxy groups -OCH3 is 2. The van der Waals surface area contributed by atoms with Gasteiger partial charge >= 0.3 is 12.1 Å². The molecule has 2 N–H and O–H groups in total. The van der Waals surface area contributed by atoms with Crippen LogP contribution in [-0.2, 0) is 23.9 Å². The molecular formula is C37H52N4O9. The Bertz CT molecular complexity index is 1600. The van der Waals surface area contributed by atoms with E-state index in [1.54, 1.807) is 13.2 Å². The van der Waals surface area contributed by atoms with Gasteiger partial charge in [0.15, 0.2) is 0 Å². The molecule has 2 heterocycles. The summed E-state index contributed by atoms with van der Waals surface area (Å²) in [4.78, 5) is 60.8. The van der Waals surface area contributed by atoms with E-state index in [1.165, 1.54) is 12.0 Å². The molecule has 1 saturated heterocycles. The minimum atomic E-state index is -1.15. The number of aromatic nitrogens is 1. The van der Waals surface area contributed by atoms with Crippen molar-refractivity contribution in [3.8, 4) is 17.4 Å². The minimum Gasteiger partial charge on any atom is -0.496 e. The fraction of sp³-hybridized carbons (Fsp3) is 0.649. The Hall–Kier alpha value is -4.29. The first-order chi connectivity index (χ1) is 23.8. The highest BCUT2D eigenvalue weighted by molar-refractivity contribution is 5.96. The van der Waals surface area contributed by atoms with Crippen LogP contribution < -0.4 is 24.8 Å². The summed E-state index contributed by atoms with van der Waals surface area (Å²) in [7, 11) is 2.89. The topological polar surface area (TPSA) is 155 Å². The number of hydrogen-bond acceptors (Lipinski definition) is 10. The van der Waals surface area contributed by atoms with Gasteiger partial charge in [-0.1, -0.05) is 34.1 Å². The van der Waals surface area contributed by atoms with Crippen LogP contribution in [0, 0.1) is 18.3 Å². The van der Waals surface area contributed by atoms with Gasteiger partial charge in [-0.25, -0.2) is 14.6 Å². The summed E-state index contributed by atoms with van der Waals surface area (Å²) < 4.78 is 28.7. The number of likely N-dealkylation sites (tertiary alicyclic amines) is 1. The van der Waals surface area contributed by atoms with Gasteiger partial charge in [0, 0.05) is 23.4 Å². The van der Waals surface area contributed by atoms with E-state index in [0.29, 0.717) is 42.3 Å². The zero-order valence-corrected chi connectivity index (χ0v) is 30.6. The molecule has 2 saturated carbocycles. The van der Waals surface area contributed by atoms with Crippen LogP contribution in [0.2, 0.25) is 0 Å². The number of nitrogens with one attached hydrogen (secondary N) is 2. The second kappa shape index (κ2) is 14.9. The third-order valence-corrected chi connectivity index (χ3v) is 10.2. The van der Waals surface area contributed by atoms with Crippen molar-refractivity contribution in [2.75, 3.05) is 27.4 Å². The average molecular weight is 697 g/mol. The lowest BCUT2D eigenvalue weighted by Gasteiger charge is -2.35. The number of carbonyl (C=O) groups is 4. The minimum absolute atomic E-state index is 0.0498. The van der Waals surface area contributed by atoms with E-state index in [0.717, 1.165) is 36.6 Å². The van der Waals surface area contributed by atoms with E-state index in [-0.39, 0.29) is 25.0 Å². The molecule has 1 aliphatic heterocycles. The molecule has 50 heavy (non-hydrogen) atoms. The fourth-order valence-corrected chi connectivity index (χ4v) is 7.34. The summed E-state index contributed by atoms with van der Waals surface area (Å²) in [6.45, 7) is 11.7. The molecule has 5 rings (SSSR count). The molecule has 2 aliphatic carbocycles. The summed E-state index contributed by atoms with van der Waals surface area (Å²) in [5, 5.41) is 6.49. The van der Waals surface area contributed by atoms with Crippen LogP contribution in [0.3, 0.4) is 0 Å². The SMILES string of the molecule is CCOc1cc(O[C@@H]2C[C@@H](C(=O)N[C@]3(C(=O)OC)C[C@H]3CC)N(C(=O)[C@@H](NC(=O)OC3CCCC3)C(C)(C)C)C2)c2ccc(OC)c(C)c2n1. The maximum Gasteiger partial charge on any atom is 0.408 e. The molecule has 0 radical (unpaired) electrons. The normalized spacial score (nSPS) is 24.0. The number of hydrogen-bond donors (Lipinski definition) is 2. The molecule has 274 valence electrons. The van der Waals surface area contributed by atoms with Gasteiger partial charge in [-0.3, -0.25) is 9.59 Å². The van der Waals surface area contributed by atoms with Crippen LogP contribution in [0.25, 0.3) is 10.9 Å². The molecule has 3 aliphatic rings. The van der Waals surface area contributed by atoms with Gasteiger partial charge in [0.25, 0.3) is 0 Å². The number of aryl methyl sites for hydroxylation is 1. The number of fused-ring (bicyclic) bond motifs is 1. The van der Waals surface area contributed by atoms with Crippen molar-refractivity contribution in [2.45, 2.75) is 116 Å². The Kier molecular flexibility index (Phi) is 11.0. The van der Waals surface area contributed by atoms with E-state index < -0.39 is 53.0 Å². The van der Waals surface area contributed by atoms with E-state index in [1.807, 2.05) is 53.7 Å². The van der Waals surface area contributed by atoms with E-state index in [4.69, 9.17) is 23.7 Å². The van der Waals surface area contributed by atoms with Gasteiger partial charge in [0.05, 0.1) is 32.9 Å². The Balaban J connectivity index is 1.47. The first-order valence-corrected chi connectivity index (χ1v) is 17.7. The summed E-state index contributed by atoms with van der Waals surface area (Å²) >= 11 is 0. The smallest absolute Gasteiger partial charge is 0.408 e. The van der Waals surface area contributed by atoms with Gasteiger partial charge in [0.1, 0.15) is 41.3 Å². The number of alkyl carbamates (subject to hydrolysis) is 1. The monoisotopic (exact) mass is 696 g/mol. The maximum atomic E-state index is 14.5. The van der Waals surface area contributed by atoms with Crippen molar-refractivity contribution in [1.82, 2.24) is 20.5 Å². The van der Waals surface area contributed by atoms with Crippen molar-refractivity contribution < 1.29 is 42.9 Å². The molecule has 3 amide bonds. The van der Waals surface area contributed by atoms with Crippen molar-refractivity contribution in [3.63, 3.8) is 0 Å². The summed E-state index contributed by atoms with van der Waals surface area (Å²) in [6, 6.07) is 3.40. The maximum absolute atomic E-state index is 14.5. The summed E-state index contributed by atoms with van der Waals surface area (Å²) in [6.07, 6.45) is 3.34. The van der Waals surface area contributed by atoms with E-state index in [2.05, 4.69) is 15.6 Å². The molecule has 1 aromatic carbocycles. The zero-order chi connectivity index (χ0) is 36.4. The molecule has 1 aromatic heterocycles. The number of rotatable bonds is 12. The van der Waals surface area contributed by atoms with Crippen molar-refractivity contribution in [3.05, 3.63) is 23.8 Å². The molecule has 5 atom stereocenters. The lowest BCUT2D eigenvalue weighted by atomic mass is 9.85. The van der Waals surface area contributed by atoms with Gasteiger partial charge in [-0.15, -0.1) is 0 Å². The van der Waals surface area contributed by atoms with Gasteiger partial charge < -0.3 is 39.2 Å². The fourth-order valence-electron chi connectivity index (χ4n) is 7.34. The third kappa shape index (κ3) is 7.56. The molecule has 0 unspecified atom stereocenters. The second-order valence-electron chi connectivity index (χ2n) is 14.7. The average Bonchev–Trinajstić information content (AvgIpc) is 3.35. The van der Waals surface area contributed by atoms with Crippen molar-refractivity contribution >= 4 is 34.8 Å². The third-order valence-electron chi connectivity index (χ3n) is 10.2. The van der Waals surface area contributed by atoms with Crippen LogP contribution in [0.15, 0.2) is 18.2 Å². The van der Waals surface area contributed by atoms with Gasteiger partial charge in [-0.05, 0) is 69.4 Å². The highest BCUT2D eigenvalue weighted by Crippen LogP contribution is 2.47. The molecule has 13 heteroatoms. The molecule has 2 aromatic rings. The van der Waals surface area contributed by atoms with Gasteiger partial charge in [0.2, 0.25) is 17.7 Å². The van der Waals surface area contributed by atoms with E-state index in [9.17, 15) is 19.2 Å². The number of carbonyl (C=O) groups excluding carboxylic acids is 4. The highest BCUT2D eigenvalue weighted by Gasteiger charge is 2.62. The Labute approximate surface area is 294 Å². The van der Waals surface area contributed by atoms with Crippen molar-refractivity contribution in [1.29, 1.82) is 0 Å². The summed E-state index contributed by atoms with van der Waals surface area (Å²) in [5.74, 6) is -0.0131. The molecule has 13 nitrogen and oxygen atoms in total. The number of amides is 3. The highest BCUT2D eigenvalue weighted by atomic mass is 16.6. The number of nitrogens with zero attached hydrogens (tertiary/aromatic N) is 2. The van der Waals surface area contributed by atoms with Crippen LogP contribution in [-0.4, -0.2) is 91.0 Å². The standard InChI is InChI=1S/C37H52N4O9/c1-9-22-19-37(22,34(44)47-8)40-32(42)26-17-24(49-28-18-29(48-10-2)38-30-21(3)27(46-7)16-15-25(28)30)20-41(26)33(43)31(36(4,5)6)39-35(45)50-23-13-11-12-14-23/h15-16,18,22-24,26,31H,9-14,17,19-20H2,1-8H3,(H,39,45)(H,40,42)/t22-,24-,26+,31-,37-/m1/s1. The van der Waals surface area contributed by atoms with Crippen molar-refractivity contribution in [2.24, 2.45) is 11.3 Å². The Morgan fingerprint density at radius 2 is 1.78 bits per heavy atom. The molecule has 3 fully saturated rings. The largest absolute Gasteiger partial charge is 0.496 e. The lowest BCUT2D eigenvalue weighted by Crippen LogP contribution is -2.59. The molecular weight excluding hydrogens is 644 g/mol. The van der Waals surface area contributed by atoms with Gasteiger partial charge in [-0.2, -0.15) is 0 Å². The Morgan fingerprint density at radius 1 is 1.06 bits per heavy atom. The van der Waals surface area contributed by atoms with Crippen LogP contribution in [0.5, 0.6) is 17.4 Å². The molecule has 0 spiro atoms. The van der Waals surface area contributed by atoms with Crippen LogP contribution in [0.1, 0.15) is 85.1 Å². The van der Waals surface area contributed by atoms with Crippen LogP contribution in [0.4, 0.5) is 4.79 Å². The number of benzene rings is 1. The zero-order valence-electron chi connectivity index (χ0n) is 30.6.